The van der Waals surface area contributed by atoms with Gasteiger partial charge in [0, 0.05) is 32.4 Å². The fourth-order valence-electron chi connectivity index (χ4n) is 2.73. The molecule has 0 aromatic carbocycles. The van der Waals surface area contributed by atoms with E-state index < -0.39 is 5.69 Å². The molecular formula is C14H18N6O3. The van der Waals surface area contributed by atoms with Crippen molar-refractivity contribution in [1.82, 2.24) is 24.9 Å². The molecule has 0 aliphatic carbocycles. The smallest absolute Gasteiger partial charge is 0.384 e. The number of carbonyl (C=O) groups excluding carboxylic acids is 1. The van der Waals surface area contributed by atoms with E-state index in [1.165, 1.54) is 6.20 Å². The van der Waals surface area contributed by atoms with Crippen LogP contribution in [0.3, 0.4) is 0 Å². The first-order valence-electron chi connectivity index (χ1n) is 7.40. The van der Waals surface area contributed by atoms with Crippen LogP contribution in [0.2, 0.25) is 0 Å². The van der Waals surface area contributed by atoms with E-state index in [-0.39, 0.29) is 17.7 Å². The molecule has 0 atom stereocenters. The highest BCUT2D eigenvalue weighted by Gasteiger charge is 2.23. The maximum absolute atomic E-state index is 11.7. The Hall–Kier alpha value is -2.84. The van der Waals surface area contributed by atoms with Crippen LogP contribution in [-0.4, -0.2) is 57.0 Å². The molecule has 0 radical (unpaired) electrons. The topological polar surface area (TPSA) is 112 Å². The molecule has 1 saturated heterocycles. The first-order chi connectivity index (χ1) is 11.1. The van der Waals surface area contributed by atoms with Crippen LogP contribution in [0, 0.1) is 0 Å². The average molecular weight is 318 g/mol. The van der Waals surface area contributed by atoms with Crippen LogP contribution in [0.15, 0.2) is 23.1 Å². The molecule has 9 heteroatoms. The van der Waals surface area contributed by atoms with Gasteiger partial charge in [0.05, 0.1) is 5.39 Å². The van der Waals surface area contributed by atoms with Crippen LogP contribution >= 0.6 is 0 Å². The number of fused-ring (bicyclic) bond motifs is 1. The number of amides is 2. The Morgan fingerprint density at radius 3 is 2.83 bits per heavy atom. The maximum Gasteiger partial charge on any atom is 0.384 e. The van der Waals surface area contributed by atoms with Gasteiger partial charge in [-0.1, -0.05) is 0 Å². The molecule has 3 heterocycles. The molecular weight excluding hydrogens is 300 g/mol. The second-order valence-corrected chi connectivity index (χ2v) is 5.39. The Labute approximate surface area is 131 Å². The Bertz CT molecular complexity index is 782. The van der Waals surface area contributed by atoms with Crippen molar-refractivity contribution in [2.24, 2.45) is 0 Å². The summed E-state index contributed by atoms with van der Waals surface area (Å²) in [7, 11) is 1.61. The quantitative estimate of drug-likeness (QED) is 0.684. The lowest BCUT2D eigenvalue weighted by Gasteiger charge is -2.32. The van der Waals surface area contributed by atoms with E-state index in [2.05, 4.69) is 20.6 Å². The fourth-order valence-corrected chi connectivity index (χ4v) is 2.73. The van der Waals surface area contributed by atoms with Crippen LogP contribution in [0.1, 0.15) is 12.8 Å². The monoisotopic (exact) mass is 318 g/mol. The molecule has 2 aromatic rings. The predicted octanol–water partition coefficient (Wildman–Crippen LogP) is 0.244. The van der Waals surface area contributed by atoms with Crippen molar-refractivity contribution in [2.75, 3.05) is 25.5 Å². The molecule has 2 aromatic heterocycles. The van der Waals surface area contributed by atoms with Crippen LogP contribution in [0.4, 0.5) is 10.6 Å². The van der Waals surface area contributed by atoms with E-state index in [1.54, 1.807) is 24.1 Å². The van der Waals surface area contributed by atoms with E-state index >= 15 is 0 Å². The number of nitrogens with zero attached hydrogens (tertiary/aromatic N) is 4. The third-order valence-corrected chi connectivity index (χ3v) is 3.97. The average Bonchev–Trinajstić information content (AvgIpc) is 2.59. The summed E-state index contributed by atoms with van der Waals surface area (Å²) in [5, 5.41) is 16.1. The summed E-state index contributed by atoms with van der Waals surface area (Å²) in [5.41, 5.74) is -0.612. The second kappa shape index (κ2) is 6.11. The van der Waals surface area contributed by atoms with Crippen molar-refractivity contribution in [3.05, 3.63) is 28.8 Å². The van der Waals surface area contributed by atoms with E-state index in [4.69, 9.17) is 0 Å². The van der Waals surface area contributed by atoms with E-state index in [0.29, 0.717) is 29.0 Å². The third kappa shape index (κ3) is 2.89. The number of piperidine rings is 1. The Balaban J connectivity index is 1.80. The fraction of sp³-hybridized carbons (Fsp3) is 0.429. The van der Waals surface area contributed by atoms with Gasteiger partial charge < -0.3 is 20.7 Å². The molecule has 122 valence electrons. The number of hydrogen-bond donors (Lipinski definition) is 3. The summed E-state index contributed by atoms with van der Waals surface area (Å²) in [6.07, 6.45) is 3.00. The predicted molar refractivity (Wildman–Crippen MR) is 83.7 cm³/mol. The van der Waals surface area contributed by atoms with E-state index in [9.17, 15) is 14.8 Å². The molecule has 0 saturated carbocycles. The lowest BCUT2D eigenvalue weighted by atomic mass is 10.1. The van der Waals surface area contributed by atoms with Gasteiger partial charge in [-0.15, -0.1) is 4.73 Å². The summed E-state index contributed by atoms with van der Waals surface area (Å²) in [4.78, 5) is 33.0. The molecule has 1 aliphatic heterocycles. The molecule has 3 rings (SSSR count). The van der Waals surface area contributed by atoms with Gasteiger partial charge in [-0.2, -0.15) is 4.98 Å². The summed E-state index contributed by atoms with van der Waals surface area (Å²) in [5.74, 6) is 0.404. The molecule has 3 N–H and O–H groups in total. The highest BCUT2D eigenvalue weighted by Crippen LogP contribution is 2.20. The first kappa shape index (κ1) is 15.1. The highest BCUT2D eigenvalue weighted by molar-refractivity contribution is 5.86. The van der Waals surface area contributed by atoms with Gasteiger partial charge in [0.25, 0.3) is 0 Å². The molecule has 2 amide bonds. The molecule has 1 aliphatic rings. The summed E-state index contributed by atoms with van der Waals surface area (Å²) in [6.45, 7) is 1.26. The Morgan fingerprint density at radius 1 is 1.39 bits per heavy atom. The van der Waals surface area contributed by atoms with Crippen LogP contribution in [-0.2, 0) is 0 Å². The SMILES string of the molecule is CNC(=O)N1CCC(Nc2nc(=O)n(O)c3ncccc23)CC1. The molecule has 0 unspecified atom stereocenters. The number of anilines is 1. The van der Waals surface area contributed by atoms with Crippen molar-refractivity contribution >= 4 is 22.9 Å². The lowest BCUT2D eigenvalue weighted by molar-refractivity contribution is 0.181. The van der Waals surface area contributed by atoms with Gasteiger partial charge in [0.2, 0.25) is 0 Å². The zero-order valence-corrected chi connectivity index (χ0v) is 12.7. The number of hydrogen-bond acceptors (Lipinski definition) is 6. The van der Waals surface area contributed by atoms with Gasteiger partial charge >= 0.3 is 11.7 Å². The van der Waals surface area contributed by atoms with E-state index in [1.807, 2.05) is 0 Å². The number of nitrogens with one attached hydrogen (secondary N) is 2. The summed E-state index contributed by atoms with van der Waals surface area (Å²) in [6, 6.07) is 3.47. The summed E-state index contributed by atoms with van der Waals surface area (Å²) < 4.78 is 0.439. The minimum absolute atomic E-state index is 0.0842. The van der Waals surface area contributed by atoms with Gasteiger partial charge in [-0.05, 0) is 25.0 Å². The molecule has 1 fully saturated rings. The van der Waals surface area contributed by atoms with Crippen molar-refractivity contribution in [1.29, 1.82) is 0 Å². The minimum atomic E-state index is -0.776. The molecule has 0 spiro atoms. The van der Waals surface area contributed by atoms with Gasteiger partial charge in [-0.3, -0.25) is 0 Å². The second-order valence-electron chi connectivity index (χ2n) is 5.39. The first-order valence-corrected chi connectivity index (χ1v) is 7.40. The highest BCUT2D eigenvalue weighted by atomic mass is 16.5. The number of likely N-dealkylation sites (tertiary alicyclic amines) is 1. The maximum atomic E-state index is 11.7. The van der Waals surface area contributed by atoms with Crippen molar-refractivity contribution in [2.45, 2.75) is 18.9 Å². The largest absolute Gasteiger partial charge is 0.422 e. The third-order valence-electron chi connectivity index (χ3n) is 3.97. The lowest BCUT2D eigenvalue weighted by Crippen LogP contribution is -2.46. The van der Waals surface area contributed by atoms with Gasteiger partial charge in [-0.25, -0.2) is 14.6 Å². The molecule has 23 heavy (non-hydrogen) atoms. The van der Waals surface area contributed by atoms with Crippen LogP contribution in [0.25, 0.3) is 11.0 Å². The van der Waals surface area contributed by atoms with Crippen LogP contribution in [0.5, 0.6) is 0 Å². The number of pyridine rings is 1. The van der Waals surface area contributed by atoms with Gasteiger partial charge in [0.1, 0.15) is 5.82 Å². The van der Waals surface area contributed by atoms with Crippen molar-refractivity contribution in [3.8, 4) is 0 Å². The molecule has 0 bridgehead atoms. The number of urea groups is 1. The minimum Gasteiger partial charge on any atom is -0.422 e. The van der Waals surface area contributed by atoms with Crippen LogP contribution < -0.4 is 16.3 Å². The number of carbonyl (C=O) groups is 1. The zero-order valence-electron chi connectivity index (χ0n) is 12.7. The zero-order chi connectivity index (χ0) is 16.4. The van der Waals surface area contributed by atoms with E-state index in [0.717, 1.165) is 12.8 Å². The Morgan fingerprint density at radius 2 is 2.13 bits per heavy atom. The summed E-state index contributed by atoms with van der Waals surface area (Å²) >= 11 is 0. The normalized spacial score (nSPS) is 15.6. The van der Waals surface area contributed by atoms with Crippen molar-refractivity contribution in [3.63, 3.8) is 0 Å². The van der Waals surface area contributed by atoms with Crippen molar-refractivity contribution < 1.29 is 10.0 Å². The number of aromatic nitrogens is 3. The Kier molecular flexibility index (Phi) is 4.00. The standard InChI is InChI=1S/C14H18N6O3/c1-15-13(21)19-7-4-9(5-8-19)17-11-10-3-2-6-16-12(10)20(23)14(22)18-11/h2-3,6,9,23H,4-5,7-8H2,1H3,(H,15,21)(H,17,18,22). The molecule has 9 nitrogen and oxygen atoms in total. The number of rotatable bonds is 2. The van der Waals surface area contributed by atoms with Gasteiger partial charge in [0.15, 0.2) is 5.65 Å².